The highest BCUT2D eigenvalue weighted by molar-refractivity contribution is 9.10. The SMILES string of the molecule is NC(Cc1ccc2c(c1)CCC2)c1ccc(Br)cc1. The number of benzene rings is 2. The summed E-state index contributed by atoms with van der Waals surface area (Å²) >= 11 is 3.45. The molecule has 0 aromatic heterocycles. The van der Waals surface area contributed by atoms with E-state index in [9.17, 15) is 0 Å². The Balaban J connectivity index is 1.75. The molecule has 0 amide bonds. The highest BCUT2D eigenvalue weighted by atomic mass is 79.9. The van der Waals surface area contributed by atoms with Gasteiger partial charge in [0.2, 0.25) is 0 Å². The summed E-state index contributed by atoms with van der Waals surface area (Å²) in [5.41, 5.74) is 11.9. The van der Waals surface area contributed by atoms with Gasteiger partial charge in [0.25, 0.3) is 0 Å². The van der Waals surface area contributed by atoms with Crippen molar-refractivity contribution in [3.63, 3.8) is 0 Å². The number of nitrogens with two attached hydrogens (primary N) is 1. The van der Waals surface area contributed by atoms with Crippen LogP contribution in [0.2, 0.25) is 0 Å². The Morgan fingerprint density at radius 3 is 2.53 bits per heavy atom. The van der Waals surface area contributed by atoms with Crippen LogP contribution in [0.4, 0.5) is 0 Å². The molecule has 0 radical (unpaired) electrons. The highest BCUT2D eigenvalue weighted by Gasteiger charge is 2.12. The first kappa shape index (κ1) is 12.9. The third-order valence-corrected chi connectivity index (χ3v) is 4.45. The van der Waals surface area contributed by atoms with Crippen molar-refractivity contribution in [3.05, 3.63) is 69.2 Å². The molecule has 1 aliphatic carbocycles. The summed E-state index contributed by atoms with van der Waals surface area (Å²) in [5, 5.41) is 0. The van der Waals surface area contributed by atoms with Crippen molar-refractivity contribution in [2.75, 3.05) is 0 Å². The number of aryl methyl sites for hydroxylation is 2. The van der Waals surface area contributed by atoms with Crippen molar-refractivity contribution in [2.24, 2.45) is 5.73 Å². The molecular weight excluding hydrogens is 298 g/mol. The van der Waals surface area contributed by atoms with Gasteiger partial charge < -0.3 is 5.73 Å². The minimum Gasteiger partial charge on any atom is -0.324 e. The largest absolute Gasteiger partial charge is 0.324 e. The van der Waals surface area contributed by atoms with Gasteiger partial charge in [-0.05, 0) is 60.1 Å². The van der Waals surface area contributed by atoms with E-state index in [4.69, 9.17) is 5.73 Å². The van der Waals surface area contributed by atoms with Crippen LogP contribution in [0.1, 0.15) is 34.7 Å². The third kappa shape index (κ3) is 2.90. The molecule has 1 atom stereocenters. The fraction of sp³-hybridized carbons (Fsp3) is 0.294. The first-order valence-corrected chi connectivity index (χ1v) is 7.63. The van der Waals surface area contributed by atoms with Crippen LogP contribution in [0.25, 0.3) is 0 Å². The van der Waals surface area contributed by atoms with Crippen LogP contribution in [-0.4, -0.2) is 0 Å². The predicted molar refractivity (Wildman–Crippen MR) is 83.2 cm³/mol. The molecule has 0 aliphatic heterocycles. The van der Waals surface area contributed by atoms with Gasteiger partial charge in [-0.25, -0.2) is 0 Å². The van der Waals surface area contributed by atoms with Crippen molar-refractivity contribution in [3.8, 4) is 0 Å². The molecule has 2 aromatic carbocycles. The van der Waals surface area contributed by atoms with Gasteiger partial charge in [-0.15, -0.1) is 0 Å². The molecule has 0 heterocycles. The summed E-state index contributed by atoms with van der Waals surface area (Å²) in [5.74, 6) is 0. The van der Waals surface area contributed by atoms with E-state index in [1.54, 1.807) is 0 Å². The number of hydrogen-bond donors (Lipinski definition) is 1. The maximum Gasteiger partial charge on any atom is 0.0335 e. The molecule has 2 heteroatoms. The highest BCUT2D eigenvalue weighted by Crippen LogP contribution is 2.25. The third-order valence-electron chi connectivity index (χ3n) is 3.92. The van der Waals surface area contributed by atoms with Gasteiger partial charge in [0.1, 0.15) is 0 Å². The fourth-order valence-electron chi connectivity index (χ4n) is 2.83. The average molecular weight is 316 g/mol. The molecule has 0 saturated heterocycles. The first-order valence-electron chi connectivity index (χ1n) is 6.84. The molecule has 3 rings (SSSR count). The molecule has 1 unspecified atom stereocenters. The number of halogens is 1. The normalized spacial score (nSPS) is 15.3. The van der Waals surface area contributed by atoms with E-state index in [2.05, 4.69) is 58.4 Å². The average Bonchev–Trinajstić information content (AvgIpc) is 2.87. The van der Waals surface area contributed by atoms with Gasteiger partial charge in [0, 0.05) is 10.5 Å². The van der Waals surface area contributed by atoms with Crippen molar-refractivity contribution in [1.29, 1.82) is 0 Å². The Morgan fingerprint density at radius 1 is 1.00 bits per heavy atom. The van der Waals surface area contributed by atoms with E-state index < -0.39 is 0 Å². The van der Waals surface area contributed by atoms with Crippen LogP contribution in [0.3, 0.4) is 0 Å². The summed E-state index contributed by atoms with van der Waals surface area (Å²) in [4.78, 5) is 0. The minimum absolute atomic E-state index is 0.0764. The van der Waals surface area contributed by atoms with E-state index in [1.165, 1.54) is 41.5 Å². The molecule has 0 fully saturated rings. The van der Waals surface area contributed by atoms with Crippen molar-refractivity contribution in [1.82, 2.24) is 0 Å². The van der Waals surface area contributed by atoms with E-state index >= 15 is 0 Å². The van der Waals surface area contributed by atoms with Crippen LogP contribution >= 0.6 is 15.9 Å². The number of rotatable bonds is 3. The van der Waals surface area contributed by atoms with Gasteiger partial charge in [-0.3, -0.25) is 0 Å². The number of hydrogen-bond acceptors (Lipinski definition) is 1. The Bertz CT molecular complexity index is 574. The summed E-state index contributed by atoms with van der Waals surface area (Å²) in [6, 6.07) is 15.3. The maximum absolute atomic E-state index is 6.31. The van der Waals surface area contributed by atoms with Crippen LogP contribution in [0.5, 0.6) is 0 Å². The lowest BCUT2D eigenvalue weighted by molar-refractivity contribution is 0.721. The van der Waals surface area contributed by atoms with Crippen LogP contribution < -0.4 is 5.73 Å². The lowest BCUT2D eigenvalue weighted by Crippen LogP contribution is -2.13. The summed E-state index contributed by atoms with van der Waals surface area (Å²) in [7, 11) is 0. The molecule has 1 aliphatic rings. The molecule has 0 spiro atoms. The van der Waals surface area contributed by atoms with E-state index in [-0.39, 0.29) is 6.04 Å². The Hall–Kier alpha value is -1.12. The standard InChI is InChI=1S/C17H18BrN/c18-16-8-6-14(7-9-16)17(19)11-12-4-5-13-2-1-3-15(13)10-12/h4-10,17H,1-3,11,19H2. The molecule has 0 saturated carbocycles. The molecule has 19 heavy (non-hydrogen) atoms. The first-order chi connectivity index (χ1) is 9.22. The Labute approximate surface area is 123 Å². The van der Waals surface area contributed by atoms with Crippen molar-refractivity contribution in [2.45, 2.75) is 31.7 Å². The van der Waals surface area contributed by atoms with E-state index in [0.29, 0.717) is 0 Å². The van der Waals surface area contributed by atoms with Crippen LogP contribution in [0, 0.1) is 0 Å². The zero-order valence-corrected chi connectivity index (χ0v) is 12.5. The quantitative estimate of drug-likeness (QED) is 0.903. The predicted octanol–water partition coefficient (Wildman–Crippen LogP) is 4.18. The lowest BCUT2D eigenvalue weighted by Gasteiger charge is -2.13. The van der Waals surface area contributed by atoms with Gasteiger partial charge in [0.15, 0.2) is 0 Å². The summed E-state index contributed by atoms with van der Waals surface area (Å²) in [6.45, 7) is 0. The summed E-state index contributed by atoms with van der Waals surface area (Å²) < 4.78 is 1.10. The molecule has 0 bridgehead atoms. The van der Waals surface area contributed by atoms with Crippen molar-refractivity contribution < 1.29 is 0 Å². The monoisotopic (exact) mass is 315 g/mol. The van der Waals surface area contributed by atoms with E-state index in [0.717, 1.165) is 10.9 Å². The second-order valence-corrected chi connectivity index (χ2v) is 6.23. The zero-order chi connectivity index (χ0) is 13.2. The van der Waals surface area contributed by atoms with Gasteiger partial charge >= 0.3 is 0 Å². The zero-order valence-electron chi connectivity index (χ0n) is 10.9. The Kier molecular flexibility index (Phi) is 3.72. The van der Waals surface area contributed by atoms with Crippen LogP contribution in [-0.2, 0) is 19.3 Å². The lowest BCUT2D eigenvalue weighted by atomic mass is 9.97. The van der Waals surface area contributed by atoms with Gasteiger partial charge in [-0.2, -0.15) is 0 Å². The molecule has 1 nitrogen and oxygen atoms in total. The maximum atomic E-state index is 6.31. The second-order valence-electron chi connectivity index (χ2n) is 5.32. The van der Waals surface area contributed by atoms with Gasteiger partial charge in [-0.1, -0.05) is 46.3 Å². The van der Waals surface area contributed by atoms with E-state index in [1.807, 2.05) is 0 Å². The van der Waals surface area contributed by atoms with Crippen molar-refractivity contribution >= 4 is 15.9 Å². The molecule has 2 aromatic rings. The molecule has 98 valence electrons. The van der Waals surface area contributed by atoms with Gasteiger partial charge in [0.05, 0.1) is 0 Å². The number of fused-ring (bicyclic) bond motifs is 1. The fourth-order valence-corrected chi connectivity index (χ4v) is 3.10. The van der Waals surface area contributed by atoms with Crippen LogP contribution in [0.15, 0.2) is 46.9 Å². The smallest absolute Gasteiger partial charge is 0.0335 e. The molecule has 2 N–H and O–H groups in total. The Morgan fingerprint density at radius 2 is 1.74 bits per heavy atom. The summed E-state index contributed by atoms with van der Waals surface area (Å²) in [6.07, 6.45) is 4.69. The second kappa shape index (κ2) is 5.48. The minimum atomic E-state index is 0.0764. The molecular formula is C17H18BrN. The topological polar surface area (TPSA) is 26.0 Å².